The number of nitrogens with one attached hydrogen (secondary N) is 1. The summed E-state index contributed by atoms with van der Waals surface area (Å²) in [6.45, 7) is 1.30. The van der Waals surface area contributed by atoms with Crippen molar-refractivity contribution >= 4 is 0 Å². The van der Waals surface area contributed by atoms with Crippen molar-refractivity contribution in [3.05, 3.63) is 17.5 Å². The maximum atomic E-state index is 12.0. The average Bonchev–Trinajstić information content (AvgIpc) is 2.32. The first-order valence-electron chi connectivity index (χ1n) is 3.62. The largest absolute Gasteiger partial charge is 0.358 e. The van der Waals surface area contributed by atoms with E-state index in [0.29, 0.717) is 11.7 Å². The Labute approximate surface area is 63.6 Å². The molecule has 60 valence electrons. The number of halogens is 1. The van der Waals surface area contributed by atoms with Gasteiger partial charge in [-0.2, -0.15) is 0 Å². The molecular weight excluding hydrogens is 147 g/mol. The highest BCUT2D eigenvalue weighted by molar-refractivity contribution is 5.13. The van der Waals surface area contributed by atoms with Crippen LogP contribution in [0.15, 0.2) is 10.6 Å². The number of aromatic nitrogens is 1. The monoisotopic (exact) mass is 156 g/mol. The van der Waals surface area contributed by atoms with E-state index in [0.717, 1.165) is 18.8 Å². The van der Waals surface area contributed by atoms with E-state index in [-0.39, 0.29) is 0 Å². The number of hydrogen-bond donors (Lipinski definition) is 1. The van der Waals surface area contributed by atoms with Crippen LogP contribution < -0.4 is 5.32 Å². The predicted octanol–water partition coefficient (Wildman–Crippen LogP) is 0.831. The topological polar surface area (TPSA) is 38.1 Å². The second kappa shape index (κ2) is 2.62. The van der Waals surface area contributed by atoms with Gasteiger partial charge in [-0.3, -0.25) is 0 Å². The maximum Gasteiger partial charge on any atom is 0.167 e. The van der Waals surface area contributed by atoms with Gasteiger partial charge >= 0.3 is 0 Å². The van der Waals surface area contributed by atoms with E-state index in [2.05, 4.69) is 10.5 Å². The number of nitrogens with zero attached hydrogens (tertiary/aromatic N) is 1. The normalized spacial score (nSPS) is 18.3. The zero-order chi connectivity index (χ0) is 7.68. The van der Waals surface area contributed by atoms with E-state index in [1.54, 1.807) is 6.07 Å². The molecule has 1 fully saturated rings. The number of hydrogen-bond acceptors (Lipinski definition) is 3. The van der Waals surface area contributed by atoms with Crippen LogP contribution in [0.3, 0.4) is 0 Å². The van der Waals surface area contributed by atoms with Gasteiger partial charge in [0.2, 0.25) is 0 Å². The summed E-state index contributed by atoms with van der Waals surface area (Å²) in [6.07, 6.45) is 0. The SMILES string of the molecule is FCc1cc(C2CNC2)no1. The molecule has 0 amide bonds. The summed E-state index contributed by atoms with van der Waals surface area (Å²) in [5, 5.41) is 6.87. The molecule has 2 rings (SSSR count). The van der Waals surface area contributed by atoms with Crippen LogP contribution in [0.5, 0.6) is 0 Å². The quantitative estimate of drug-likeness (QED) is 0.689. The highest BCUT2D eigenvalue weighted by atomic mass is 19.1. The Morgan fingerprint density at radius 2 is 2.55 bits per heavy atom. The maximum absolute atomic E-state index is 12.0. The molecule has 0 unspecified atom stereocenters. The molecule has 3 nitrogen and oxygen atoms in total. The van der Waals surface area contributed by atoms with Gasteiger partial charge in [0.05, 0.1) is 5.69 Å². The highest BCUT2D eigenvalue weighted by Crippen LogP contribution is 2.19. The van der Waals surface area contributed by atoms with Crippen molar-refractivity contribution in [3.8, 4) is 0 Å². The first kappa shape index (κ1) is 6.79. The number of alkyl halides is 1. The lowest BCUT2D eigenvalue weighted by Gasteiger charge is -2.24. The fourth-order valence-electron chi connectivity index (χ4n) is 1.08. The predicted molar refractivity (Wildman–Crippen MR) is 36.9 cm³/mol. The van der Waals surface area contributed by atoms with E-state index in [9.17, 15) is 4.39 Å². The van der Waals surface area contributed by atoms with Gasteiger partial charge in [-0.25, -0.2) is 4.39 Å². The zero-order valence-electron chi connectivity index (χ0n) is 6.01. The van der Waals surface area contributed by atoms with Crippen molar-refractivity contribution in [1.82, 2.24) is 10.5 Å². The van der Waals surface area contributed by atoms with Gasteiger partial charge in [0.15, 0.2) is 5.76 Å². The molecule has 0 radical (unpaired) electrons. The number of rotatable bonds is 2. The van der Waals surface area contributed by atoms with Crippen molar-refractivity contribution < 1.29 is 8.91 Å². The third-order valence-corrected chi connectivity index (χ3v) is 1.91. The van der Waals surface area contributed by atoms with Gasteiger partial charge in [0.25, 0.3) is 0 Å². The van der Waals surface area contributed by atoms with Crippen LogP contribution in [-0.4, -0.2) is 18.2 Å². The molecule has 2 heterocycles. The van der Waals surface area contributed by atoms with Crippen LogP contribution in [0, 0.1) is 0 Å². The standard InChI is InChI=1S/C7H9FN2O/c8-2-6-1-7(10-11-6)5-3-9-4-5/h1,5,9H,2-4H2. The van der Waals surface area contributed by atoms with Gasteiger partial charge in [0.1, 0.15) is 6.67 Å². The zero-order valence-corrected chi connectivity index (χ0v) is 6.01. The molecule has 0 atom stereocenters. The lowest BCUT2D eigenvalue weighted by molar-refractivity contribution is 0.319. The van der Waals surface area contributed by atoms with Crippen LogP contribution in [0.4, 0.5) is 4.39 Å². The lowest BCUT2D eigenvalue weighted by Crippen LogP contribution is -2.40. The van der Waals surface area contributed by atoms with E-state index in [1.165, 1.54) is 0 Å². The fourth-order valence-corrected chi connectivity index (χ4v) is 1.08. The molecule has 0 aromatic carbocycles. The van der Waals surface area contributed by atoms with Crippen LogP contribution in [0.1, 0.15) is 17.4 Å². The van der Waals surface area contributed by atoms with Crippen molar-refractivity contribution in [3.63, 3.8) is 0 Å². The molecule has 1 aliphatic rings. The second-order valence-electron chi connectivity index (χ2n) is 2.71. The van der Waals surface area contributed by atoms with Crippen molar-refractivity contribution in [2.75, 3.05) is 13.1 Å². The first-order chi connectivity index (χ1) is 5.40. The summed E-state index contributed by atoms with van der Waals surface area (Å²) in [5.74, 6) is 0.756. The van der Waals surface area contributed by atoms with Crippen LogP contribution in [0.2, 0.25) is 0 Å². The Bertz CT molecular complexity index is 244. The molecule has 0 spiro atoms. The summed E-state index contributed by atoms with van der Waals surface area (Å²) in [5.41, 5.74) is 0.872. The summed E-state index contributed by atoms with van der Waals surface area (Å²) in [4.78, 5) is 0. The average molecular weight is 156 g/mol. The van der Waals surface area contributed by atoms with Crippen LogP contribution >= 0.6 is 0 Å². The summed E-state index contributed by atoms with van der Waals surface area (Å²) < 4.78 is 16.7. The van der Waals surface area contributed by atoms with E-state index in [4.69, 9.17) is 4.52 Å². The Morgan fingerprint density at radius 1 is 1.73 bits per heavy atom. The lowest BCUT2D eigenvalue weighted by atomic mass is 9.99. The van der Waals surface area contributed by atoms with E-state index in [1.807, 2.05) is 0 Å². The summed E-state index contributed by atoms with van der Waals surface area (Å²) in [6, 6.07) is 1.69. The van der Waals surface area contributed by atoms with E-state index < -0.39 is 6.67 Å². The molecular formula is C7H9FN2O. The smallest absolute Gasteiger partial charge is 0.167 e. The summed E-state index contributed by atoms with van der Waals surface area (Å²) in [7, 11) is 0. The van der Waals surface area contributed by atoms with Gasteiger partial charge in [-0.1, -0.05) is 5.16 Å². The molecule has 11 heavy (non-hydrogen) atoms. The highest BCUT2D eigenvalue weighted by Gasteiger charge is 2.22. The molecule has 4 heteroatoms. The molecule has 0 bridgehead atoms. The Kier molecular flexibility index (Phi) is 1.62. The first-order valence-corrected chi connectivity index (χ1v) is 3.62. The Hall–Kier alpha value is -0.900. The molecule has 0 aliphatic carbocycles. The Morgan fingerprint density at radius 3 is 3.00 bits per heavy atom. The molecule has 0 saturated carbocycles. The van der Waals surface area contributed by atoms with Gasteiger partial charge in [-0.15, -0.1) is 0 Å². The third-order valence-electron chi connectivity index (χ3n) is 1.91. The van der Waals surface area contributed by atoms with Crippen LogP contribution in [-0.2, 0) is 6.67 Å². The van der Waals surface area contributed by atoms with Crippen LogP contribution in [0.25, 0.3) is 0 Å². The van der Waals surface area contributed by atoms with Gasteiger partial charge in [-0.05, 0) is 0 Å². The van der Waals surface area contributed by atoms with Gasteiger partial charge < -0.3 is 9.84 Å². The van der Waals surface area contributed by atoms with Gasteiger partial charge in [0, 0.05) is 25.1 Å². The minimum Gasteiger partial charge on any atom is -0.358 e. The van der Waals surface area contributed by atoms with Crippen molar-refractivity contribution in [1.29, 1.82) is 0 Å². The second-order valence-corrected chi connectivity index (χ2v) is 2.71. The van der Waals surface area contributed by atoms with E-state index >= 15 is 0 Å². The molecule has 1 aromatic heterocycles. The van der Waals surface area contributed by atoms with Crippen molar-refractivity contribution in [2.24, 2.45) is 0 Å². The van der Waals surface area contributed by atoms with Crippen molar-refractivity contribution in [2.45, 2.75) is 12.6 Å². The Balaban J connectivity index is 2.11. The minimum absolute atomic E-state index is 0.326. The minimum atomic E-state index is -0.562. The molecule has 1 N–H and O–H groups in total. The molecule has 1 aromatic rings. The molecule has 1 saturated heterocycles. The molecule has 1 aliphatic heterocycles. The third kappa shape index (κ3) is 1.14. The summed E-state index contributed by atoms with van der Waals surface area (Å²) >= 11 is 0. The fraction of sp³-hybridized carbons (Fsp3) is 0.571.